The zero-order chi connectivity index (χ0) is 20.9. The highest BCUT2D eigenvalue weighted by Crippen LogP contribution is 2.31. The molecule has 1 amide bonds. The van der Waals surface area contributed by atoms with Crippen molar-refractivity contribution in [3.05, 3.63) is 52.5 Å². The van der Waals surface area contributed by atoms with Crippen molar-refractivity contribution < 1.29 is 9.18 Å². The number of para-hydroxylation sites is 1. The number of hydrogen-bond donors (Lipinski definition) is 1. The Hall–Kier alpha value is -1.92. The van der Waals surface area contributed by atoms with Crippen LogP contribution in [0, 0.1) is 11.7 Å². The first-order valence-corrected chi connectivity index (χ1v) is 12.1. The van der Waals surface area contributed by atoms with Crippen LogP contribution in [0.2, 0.25) is 0 Å². The van der Waals surface area contributed by atoms with Crippen molar-refractivity contribution in [2.75, 3.05) is 31.1 Å². The monoisotopic (exact) mass is 429 g/mol. The number of nitrogens with one attached hydrogen (secondary N) is 1. The number of rotatable bonds is 6. The first kappa shape index (κ1) is 21.3. The van der Waals surface area contributed by atoms with Crippen molar-refractivity contribution in [3.63, 3.8) is 0 Å². The molecule has 2 aliphatic rings. The summed E-state index contributed by atoms with van der Waals surface area (Å²) in [6, 6.07) is 11.5. The number of anilines is 1. The second-order valence-corrected chi connectivity index (χ2v) is 9.55. The van der Waals surface area contributed by atoms with E-state index in [0.29, 0.717) is 5.69 Å². The molecule has 4 nitrogen and oxygen atoms in total. The molecule has 2 atom stereocenters. The SMILES string of the molecule is C[C@@H](NC(=O)C1CCCCC1)[C@@H](c1cccs1)N1CCN(c2ccccc2F)CC1. The molecule has 1 aromatic heterocycles. The summed E-state index contributed by atoms with van der Waals surface area (Å²) >= 11 is 1.75. The lowest BCUT2D eigenvalue weighted by molar-refractivity contribution is -0.127. The van der Waals surface area contributed by atoms with Gasteiger partial charge in [0.05, 0.1) is 11.7 Å². The van der Waals surface area contributed by atoms with E-state index in [-0.39, 0.29) is 29.7 Å². The zero-order valence-electron chi connectivity index (χ0n) is 17.7. The second-order valence-electron chi connectivity index (χ2n) is 8.57. The minimum atomic E-state index is -0.158. The van der Waals surface area contributed by atoms with Gasteiger partial charge in [-0.15, -0.1) is 11.3 Å². The molecule has 1 aromatic carbocycles. The molecule has 1 aliphatic carbocycles. The highest BCUT2D eigenvalue weighted by molar-refractivity contribution is 7.10. The van der Waals surface area contributed by atoms with Crippen LogP contribution in [0.5, 0.6) is 0 Å². The minimum Gasteiger partial charge on any atom is -0.367 e. The van der Waals surface area contributed by atoms with Gasteiger partial charge in [-0.25, -0.2) is 4.39 Å². The fraction of sp³-hybridized carbons (Fsp3) is 0.542. The molecule has 2 fully saturated rings. The predicted octanol–water partition coefficient (Wildman–Crippen LogP) is 4.84. The lowest BCUT2D eigenvalue weighted by Gasteiger charge is -2.42. The van der Waals surface area contributed by atoms with Crippen LogP contribution >= 0.6 is 11.3 Å². The van der Waals surface area contributed by atoms with Crippen LogP contribution in [-0.4, -0.2) is 43.0 Å². The smallest absolute Gasteiger partial charge is 0.223 e. The molecule has 1 saturated heterocycles. The average Bonchev–Trinajstić information content (AvgIpc) is 3.30. The minimum absolute atomic E-state index is 0.0399. The average molecular weight is 430 g/mol. The second kappa shape index (κ2) is 9.92. The number of carbonyl (C=O) groups excluding carboxylic acids is 1. The van der Waals surface area contributed by atoms with Crippen LogP contribution in [0.15, 0.2) is 41.8 Å². The number of thiophene rings is 1. The first-order valence-electron chi connectivity index (χ1n) is 11.2. The Kier molecular flexibility index (Phi) is 7.05. The van der Waals surface area contributed by atoms with Gasteiger partial charge in [0, 0.05) is 43.0 Å². The number of hydrogen-bond acceptors (Lipinski definition) is 4. The summed E-state index contributed by atoms with van der Waals surface area (Å²) < 4.78 is 14.2. The third-order valence-electron chi connectivity index (χ3n) is 6.55. The third kappa shape index (κ3) is 4.86. The van der Waals surface area contributed by atoms with Crippen molar-refractivity contribution in [2.24, 2.45) is 5.92 Å². The number of piperazine rings is 1. The predicted molar refractivity (Wildman–Crippen MR) is 121 cm³/mol. The third-order valence-corrected chi connectivity index (χ3v) is 7.50. The van der Waals surface area contributed by atoms with Crippen LogP contribution in [0.1, 0.15) is 49.9 Å². The van der Waals surface area contributed by atoms with E-state index in [0.717, 1.165) is 39.0 Å². The van der Waals surface area contributed by atoms with Crippen molar-refractivity contribution >= 4 is 22.9 Å². The van der Waals surface area contributed by atoms with Gasteiger partial charge in [-0.3, -0.25) is 9.69 Å². The van der Waals surface area contributed by atoms with Crippen molar-refractivity contribution in [2.45, 2.75) is 51.1 Å². The molecule has 1 N–H and O–H groups in total. The molecule has 4 rings (SSSR count). The topological polar surface area (TPSA) is 35.6 Å². The summed E-state index contributed by atoms with van der Waals surface area (Å²) in [6.07, 6.45) is 5.62. The standard InChI is InChI=1S/C24H32FN3OS/c1-18(26-24(29)19-8-3-2-4-9-19)23(22-12-7-17-30-22)28-15-13-27(14-16-28)21-11-6-5-10-20(21)25/h5-7,10-12,17-19,23H,2-4,8-9,13-16H2,1H3,(H,26,29)/t18-,23+/m1/s1. The molecule has 1 aliphatic heterocycles. The Bertz CT molecular complexity index is 814. The number of benzene rings is 1. The van der Waals surface area contributed by atoms with Gasteiger partial charge >= 0.3 is 0 Å². The Morgan fingerprint density at radius 1 is 1.07 bits per heavy atom. The van der Waals surface area contributed by atoms with Gasteiger partial charge in [-0.2, -0.15) is 0 Å². The van der Waals surface area contributed by atoms with Gasteiger partial charge in [0.2, 0.25) is 5.91 Å². The summed E-state index contributed by atoms with van der Waals surface area (Å²) in [5, 5.41) is 5.44. The number of carbonyl (C=O) groups is 1. The Balaban J connectivity index is 1.43. The maximum Gasteiger partial charge on any atom is 0.223 e. The van der Waals surface area contributed by atoms with Crippen LogP contribution in [0.3, 0.4) is 0 Å². The quantitative estimate of drug-likeness (QED) is 0.714. The summed E-state index contributed by atoms with van der Waals surface area (Å²) in [4.78, 5) is 18.7. The molecule has 0 bridgehead atoms. The molecule has 30 heavy (non-hydrogen) atoms. The van der Waals surface area contributed by atoms with Gasteiger partial charge in [0.25, 0.3) is 0 Å². The number of amides is 1. The lowest BCUT2D eigenvalue weighted by Crippen LogP contribution is -2.53. The van der Waals surface area contributed by atoms with Crippen LogP contribution < -0.4 is 10.2 Å². The van der Waals surface area contributed by atoms with Crippen LogP contribution in [-0.2, 0) is 4.79 Å². The molecule has 0 spiro atoms. The fourth-order valence-electron chi connectivity index (χ4n) is 4.94. The molecule has 2 aromatic rings. The van der Waals surface area contributed by atoms with Crippen molar-refractivity contribution in [1.82, 2.24) is 10.2 Å². The van der Waals surface area contributed by atoms with Gasteiger partial charge in [-0.05, 0) is 43.3 Å². The summed E-state index contributed by atoms with van der Waals surface area (Å²) in [7, 11) is 0. The van der Waals surface area contributed by atoms with Crippen LogP contribution in [0.4, 0.5) is 10.1 Å². The van der Waals surface area contributed by atoms with Crippen LogP contribution in [0.25, 0.3) is 0 Å². The molecule has 0 unspecified atom stereocenters. The normalized spacial score (nSPS) is 20.7. The van der Waals surface area contributed by atoms with Gasteiger partial charge in [0.1, 0.15) is 5.82 Å². The first-order chi connectivity index (χ1) is 14.6. The summed E-state index contributed by atoms with van der Waals surface area (Å²) in [5.74, 6) is 0.228. The maximum absolute atomic E-state index is 14.2. The number of halogens is 1. The van der Waals surface area contributed by atoms with Crippen molar-refractivity contribution in [1.29, 1.82) is 0 Å². The van der Waals surface area contributed by atoms with Gasteiger partial charge in [-0.1, -0.05) is 37.5 Å². The van der Waals surface area contributed by atoms with E-state index in [2.05, 4.69) is 39.6 Å². The van der Waals surface area contributed by atoms with E-state index in [4.69, 9.17) is 0 Å². The maximum atomic E-state index is 14.2. The molecular weight excluding hydrogens is 397 g/mol. The Morgan fingerprint density at radius 3 is 2.47 bits per heavy atom. The molecule has 6 heteroatoms. The molecular formula is C24H32FN3OS. The van der Waals surface area contributed by atoms with Gasteiger partial charge in [0.15, 0.2) is 0 Å². The molecule has 162 valence electrons. The van der Waals surface area contributed by atoms with E-state index in [1.54, 1.807) is 17.4 Å². The van der Waals surface area contributed by atoms with Gasteiger partial charge < -0.3 is 10.2 Å². The van der Waals surface area contributed by atoms with E-state index in [1.807, 2.05) is 12.1 Å². The zero-order valence-corrected chi connectivity index (χ0v) is 18.5. The van der Waals surface area contributed by atoms with E-state index < -0.39 is 0 Å². The molecule has 1 saturated carbocycles. The van der Waals surface area contributed by atoms with E-state index >= 15 is 0 Å². The Labute approximate surface area is 183 Å². The highest BCUT2D eigenvalue weighted by atomic mass is 32.1. The summed E-state index contributed by atoms with van der Waals surface area (Å²) in [5.41, 5.74) is 0.684. The van der Waals surface area contributed by atoms with Crippen molar-refractivity contribution in [3.8, 4) is 0 Å². The largest absolute Gasteiger partial charge is 0.367 e. The fourth-order valence-corrected chi connectivity index (χ4v) is 5.90. The number of nitrogens with zero attached hydrogens (tertiary/aromatic N) is 2. The Morgan fingerprint density at radius 2 is 1.80 bits per heavy atom. The van der Waals surface area contributed by atoms with E-state index in [1.165, 1.54) is 30.2 Å². The van der Waals surface area contributed by atoms with E-state index in [9.17, 15) is 9.18 Å². The molecule has 2 heterocycles. The lowest BCUT2D eigenvalue weighted by atomic mass is 9.88. The molecule has 0 radical (unpaired) electrons. The summed E-state index contributed by atoms with van der Waals surface area (Å²) in [6.45, 7) is 5.40. The highest BCUT2D eigenvalue weighted by Gasteiger charge is 2.32.